The van der Waals surface area contributed by atoms with Crippen molar-refractivity contribution in [1.82, 2.24) is 19.8 Å². The third-order valence-corrected chi connectivity index (χ3v) is 7.98. The Morgan fingerprint density at radius 3 is 2.59 bits per heavy atom. The van der Waals surface area contributed by atoms with Crippen LogP contribution >= 0.6 is 0 Å². The van der Waals surface area contributed by atoms with Crippen molar-refractivity contribution in [2.75, 3.05) is 19.6 Å². The first-order valence-corrected chi connectivity index (χ1v) is 12.4. The molecule has 5 nitrogen and oxygen atoms in total. The molecule has 2 aliphatic rings. The topological polar surface area (TPSA) is 50.2 Å². The quantitative estimate of drug-likeness (QED) is 0.675. The second-order valence-corrected chi connectivity index (χ2v) is 10.4. The van der Waals surface area contributed by atoms with E-state index in [4.69, 9.17) is 4.98 Å². The van der Waals surface area contributed by atoms with Gasteiger partial charge in [-0.25, -0.2) is 4.98 Å². The second-order valence-electron chi connectivity index (χ2n) is 10.4. The second kappa shape index (κ2) is 9.78. The van der Waals surface area contributed by atoms with Crippen molar-refractivity contribution in [3.63, 3.8) is 0 Å². The van der Waals surface area contributed by atoms with Crippen LogP contribution in [0.2, 0.25) is 0 Å². The van der Waals surface area contributed by atoms with Gasteiger partial charge in [-0.1, -0.05) is 37.6 Å². The van der Waals surface area contributed by atoms with E-state index in [9.17, 15) is 4.79 Å². The first-order valence-electron chi connectivity index (χ1n) is 12.4. The minimum absolute atomic E-state index is 0.209. The molecule has 2 heterocycles. The van der Waals surface area contributed by atoms with E-state index in [2.05, 4.69) is 68.0 Å². The van der Waals surface area contributed by atoms with Gasteiger partial charge < -0.3 is 14.8 Å². The number of hydrogen-bond donors (Lipinski definition) is 1. The van der Waals surface area contributed by atoms with Gasteiger partial charge in [-0.3, -0.25) is 4.79 Å². The molecule has 1 fully saturated rings. The van der Waals surface area contributed by atoms with Gasteiger partial charge in [0, 0.05) is 46.1 Å². The molecule has 1 N–H and O–H groups in total. The molecule has 0 saturated carbocycles. The number of amides is 1. The van der Waals surface area contributed by atoms with Crippen LogP contribution in [0.15, 0.2) is 35.9 Å². The van der Waals surface area contributed by atoms with Crippen molar-refractivity contribution in [2.24, 2.45) is 30.7 Å². The van der Waals surface area contributed by atoms with Crippen LogP contribution in [-0.4, -0.2) is 46.0 Å². The Morgan fingerprint density at radius 1 is 1.22 bits per heavy atom. The Hall–Kier alpha value is -2.14. The Morgan fingerprint density at radius 2 is 1.94 bits per heavy atom. The molecule has 0 bridgehead atoms. The number of nitrogens with one attached hydrogen (secondary N) is 1. The molecule has 2 aromatic rings. The average Bonchev–Trinajstić information content (AvgIpc) is 3.09. The van der Waals surface area contributed by atoms with Crippen LogP contribution in [0.4, 0.5) is 0 Å². The minimum Gasteiger partial charge on any atom is -0.343 e. The Balaban J connectivity index is 1.41. The van der Waals surface area contributed by atoms with E-state index in [0.717, 1.165) is 44.4 Å². The molecule has 174 valence electrons. The van der Waals surface area contributed by atoms with E-state index >= 15 is 0 Å². The van der Waals surface area contributed by atoms with Crippen LogP contribution in [-0.2, 0) is 18.3 Å². The van der Waals surface area contributed by atoms with Gasteiger partial charge in [0.2, 0.25) is 5.91 Å². The first kappa shape index (κ1) is 23.0. The molecule has 0 radical (unpaired) electrons. The summed E-state index contributed by atoms with van der Waals surface area (Å²) in [7, 11) is 2.15. The van der Waals surface area contributed by atoms with Gasteiger partial charge in [0.15, 0.2) is 0 Å². The number of hydrogen-bond acceptors (Lipinski definition) is 3. The summed E-state index contributed by atoms with van der Waals surface area (Å²) in [6.07, 6.45) is 6.94. The summed E-state index contributed by atoms with van der Waals surface area (Å²) < 4.78 is 2.27. The monoisotopic (exact) mass is 436 g/mol. The number of benzene rings is 1. The summed E-state index contributed by atoms with van der Waals surface area (Å²) >= 11 is 0. The summed E-state index contributed by atoms with van der Waals surface area (Å²) in [5.74, 6) is 3.89. The summed E-state index contributed by atoms with van der Waals surface area (Å²) in [6.45, 7) is 11.6. The molecule has 32 heavy (non-hydrogen) atoms. The van der Waals surface area contributed by atoms with E-state index < -0.39 is 0 Å². The predicted molar refractivity (Wildman–Crippen MR) is 131 cm³/mol. The highest BCUT2D eigenvalue weighted by Crippen LogP contribution is 2.39. The van der Waals surface area contributed by atoms with Crippen molar-refractivity contribution in [2.45, 2.75) is 59.4 Å². The fourth-order valence-electron chi connectivity index (χ4n) is 5.81. The lowest BCUT2D eigenvalue weighted by atomic mass is 9.69. The van der Waals surface area contributed by atoms with Crippen molar-refractivity contribution in [3.05, 3.63) is 41.7 Å². The van der Waals surface area contributed by atoms with Gasteiger partial charge in [-0.15, -0.1) is 0 Å². The van der Waals surface area contributed by atoms with Crippen LogP contribution in [0, 0.1) is 23.7 Å². The highest BCUT2D eigenvalue weighted by atomic mass is 16.2. The zero-order valence-electron chi connectivity index (χ0n) is 20.5. The van der Waals surface area contributed by atoms with Crippen LogP contribution in [0.5, 0.6) is 0 Å². The summed E-state index contributed by atoms with van der Waals surface area (Å²) in [4.78, 5) is 18.5. The molecular formula is C27H40N4O. The molecule has 1 aromatic carbocycles. The van der Waals surface area contributed by atoms with Gasteiger partial charge in [-0.05, 0) is 62.0 Å². The smallest absolute Gasteiger partial charge is 0.219 e. The largest absolute Gasteiger partial charge is 0.343 e. The van der Waals surface area contributed by atoms with E-state index in [-0.39, 0.29) is 5.91 Å². The van der Waals surface area contributed by atoms with E-state index in [1.54, 1.807) is 6.92 Å². The number of carbonyl (C=O) groups excluding carboxylic acids is 1. The molecule has 5 heteroatoms. The maximum atomic E-state index is 11.6. The standard InChI is InChI=1S/C27H40N4O/c1-18(2)24-15-21(16-27-29-25-8-6-7-9-26(25)30(27)5)19(3)14-22(24)17-28-23-10-12-31(13-11-23)20(4)32/h6-9,14,18,21-24,28H,10-13,15-17H2,1-5H3. The molecule has 1 saturated heterocycles. The molecule has 1 aromatic heterocycles. The average molecular weight is 437 g/mol. The lowest BCUT2D eigenvalue weighted by molar-refractivity contribution is -0.129. The minimum atomic E-state index is 0.209. The van der Waals surface area contributed by atoms with E-state index in [1.807, 2.05) is 4.90 Å². The van der Waals surface area contributed by atoms with Gasteiger partial charge in [0.25, 0.3) is 0 Å². The molecule has 1 amide bonds. The first-order chi connectivity index (χ1) is 15.3. The number of carbonyl (C=O) groups is 1. The number of aryl methyl sites for hydroxylation is 1. The summed E-state index contributed by atoms with van der Waals surface area (Å²) in [6, 6.07) is 8.97. The third-order valence-electron chi connectivity index (χ3n) is 7.98. The van der Waals surface area contributed by atoms with Gasteiger partial charge in [0.05, 0.1) is 11.0 Å². The maximum Gasteiger partial charge on any atom is 0.219 e. The molecular weight excluding hydrogens is 396 g/mol. The highest BCUT2D eigenvalue weighted by Gasteiger charge is 2.33. The van der Waals surface area contributed by atoms with Crippen molar-refractivity contribution in [1.29, 1.82) is 0 Å². The predicted octanol–water partition coefficient (Wildman–Crippen LogP) is 4.57. The number of piperidine rings is 1. The molecule has 1 aliphatic carbocycles. The van der Waals surface area contributed by atoms with Crippen LogP contribution < -0.4 is 5.32 Å². The van der Waals surface area contributed by atoms with Crippen LogP contribution in [0.3, 0.4) is 0 Å². The fraction of sp³-hybridized carbons (Fsp3) is 0.630. The number of rotatable bonds is 6. The highest BCUT2D eigenvalue weighted by molar-refractivity contribution is 5.75. The lowest BCUT2D eigenvalue weighted by Crippen LogP contribution is -2.46. The third kappa shape index (κ3) is 4.93. The van der Waals surface area contributed by atoms with Crippen molar-refractivity contribution < 1.29 is 4.79 Å². The lowest BCUT2D eigenvalue weighted by Gasteiger charge is -2.39. The number of fused-ring (bicyclic) bond motifs is 1. The molecule has 0 spiro atoms. The van der Waals surface area contributed by atoms with E-state index in [1.165, 1.54) is 23.3 Å². The van der Waals surface area contributed by atoms with Crippen molar-refractivity contribution in [3.8, 4) is 0 Å². The fourth-order valence-corrected chi connectivity index (χ4v) is 5.81. The normalized spacial score (nSPS) is 24.9. The Labute approximate surface area is 193 Å². The summed E-state index contributed by atoms with van der Waals surface area (Å²) in [5, 5.41) is 3.85. The molecule has 3 atom stereocenters. The zero-order chi connectivity index (χ0) is 22.8. The number of para-hydroxylation sites is 2. The van der Waals surface area contributed by atoms with Crippen molar-refractivity contribution >= 4 is 16.9 Å². The van der Waals surface area contributed by atoms with Crippen LogP contribution in [0.25, 0.3) is 11.0 Å². The van der Waals surface area contributed by atoms with Crippen LogP contribution in [0.1, 0.15) is 52.8 Å². The van der Waals surface area contributed by atoms with Gasteiger partial charge in [0.1, 0.15) is 5.82 Å². The molecule has 3 unspecified atom stereocenters. The Kier molecular flexibility index (Phi) is 7.04. The molecule has 1 aliphatic heterocycles. The number of aromatic nitrogens is 2. The number of allylic oxidation sites excluding steroid dienone is 1. The Bertz CT molecular complexity index is 967. The zero-order valence-corrected chi connectivity index (χ0v) is 20.5. The molecule has 4 rings (SSSR count). The maximum absolute atomic E-state index is 11.6. The van der Waals surface area contributed by atoms with E-state index in [0.29, 0.717) is 29.7 Å². The number of nitrogens with zero attached hydrogens (tertiary/aromatic N) is 3. The SMILES string of the molecule is CC(=O)N1CCC(NCC2C=C(C)C(Cc3nc4ccccc4n3C)CC2C(C)C)CC1. The summed E-state index contributed by atoms with van der Waals surface area (Å²) in [5.41, 5.74) is 3.84. The van der Waals surface area contributed by atoms with Gasteiger partial charge >= 0.3 is 0 Å². The number of imidazole rings is 1. The van der Waals surface area contributed by atoms with Gasteiger partial charge in [-0.2, -0.15) is 0 Å². The number of likely N-dealkylation sites (tertiary alicyclic amines) is 1.